The highest BCUT2D eigenvalue weighted by Gasteiger charge is 2.51. The van der Waals surface area contributed by atoms with Gasteiger partial charge in [-0.25, -0.2) is 4.79 Å². The Morgan fingerprint density at radius 3 is 1.57 bits per heavy atom. The van der Waals surface area contributed by atoms with Gasteiger partial charge in [-0.05, 0) is 46.2 Å². The van der Waals surface area contributed by atoms with E-state index in [9.17, 15) is 36.2 Å². The molecule has 0 bridgehead atoms. The lowest BCUT2D eigenvalue weighted by Crippen LogP contribution is -2.46. The van der Waals surface area contributed by atoms with E-state index in [-0.39, 0.29) is 12.0 Å². The first-order chi connectivity index (χ1) is 24.8. The average molecular weight is 762 g/mol. The number of alkyl halides is 6. The Labute approximate surface area is 310 Å². The Morgan fingerprint density at radius 1 is 0.642 bits per heavy atom. The van der Waals surface area contributed by atoms with Crippen molar-refractivity contribution in [3.05, 3.63) is 146 Å². The van der Waals surface area contributed by atoms with Crippen molar-refractivity contribution in [2.24, 2.45) is 15.8 Å². The van der Waals surface area contributed by atoms with Gasteiger partial charge in [-0.3, -0.25) is 4.99 Å². The Hall–Kier alpha value is -4.74. The minimum absolute atomic E-state index is 0.148. The van der Waals surface area contributed by atoms with E-state index in [0.29, 0.717) is 34.5 Å². The van der Waals surface area contributed by atoms with E-state index >= 15 is 0 Å². The topological polar surface area (TPSA) is 49.7 Å². The van der Waals surface area contributed by atoms with Gasteiger partial charge >= 0.3 is 18.3 Å². The van der Waals surface area contributed by atoms with Crippen LogP contribution in [0.15, 0.2) is 108 Å². The molecule has 11 heteroatoms. The Bertz CT molecular complexity index is 2480. The van der Waals surface area contributed by atoms with Crippen molar-refractivity contribution in [2.75, 3.05) is 0 Å². The molecule has 6 aromatic rings. The maximum Gasteiger partial charge on any atom is 0.416 e. The molecule has 2 aromatic heterocycles. The minimum atomic E-state index is -4.46. The number of carbonyl (C=O) groups is 1. The van der Waals surface area contributed by atoms with Gasteiger partial charge in [0, 0.05) is 54.0 Å². The smallest absolute Gasteiger partial charge is 0.416 e. The number of carboxylic acid groups (broad SMARTS) is 1. The van der Waals surface area contributed by atoms with E-state index < -0.39 is 40.3 Å². The van der Waals surface area contributed by atoms with Crippen LogP contribution < -0.4 is 0 Å². The summed E-state index contributed by atoms with van der Waals surface area (Å²) in [6, 6.07) is 25.8. The van der Waals surface area contributed by atoms with E-state index in [1.165, 1.54) is 40.9 Å². The van der Waals surface area contributed by atoms with Crippen LogP contribution >= 0.6 is 22.7 Å². The van der Waals surface area contributed by atoms with Crippen LogP contribution in [0.5, 0.6) is 0 Å². The SMILES string of the molecule is CC1(C)C(c2cccc3cc(Cc4cccc(C(F)(F)F)c4)sc23)=NC(c2cccc3cc(Cc4cccc(C(F)(F)F)c4)sc23)=C(C(=O)O)C1(C)C. The van der Waals surface area contributed by atoms with Crippen LogP contribution in [0.3, 0.4) is 0 Å². The third-order valence-corrected chi connectivity index (χ3v) is 12.8. The molecule has 0 amide bonds. The van der Waals surface area contributed by atoms with Crippen LogP contribution in [0.4, 0.5) is 26.3 Å². The van der Waals surface area contributed by atoms with Gasteiger partial charge in [0.2, 0.25) is 0 Å². The van der Waals surface area contributed by atoms with Gasteiger partial charge in [0.25, 0.3) is 0 Å². The fourth-order valence-electron chi connectivity index (χ4n) is 7.07. The number of halogens is 6. The molecule has 53 heavy (non-hydrogen) atoms. The van der Waals surface area contributed by atoms with Gasteiger partial charge in [0.05, 0.1) is 28.1 Å². The summed E-state index contributed by atoms with van der Waals surface area (Å²) in [5.74, 6) is -1.10. The predicted octanol–water partition coefficient (Wildman–Crippen LogP) is 12.7. The molecular formula is C42H33F6NO2S2. The van der Waals surface area contributed by atoms with Crippen LogP contribution in [0.1, 0.15) is 70.8 Å². The van der Waals surface area contributed by atoms with Gasteiger partial charge in [0.1, 0.15) is 0 Å². The Balaban J connectivity index is 1.35. The van der Waals surface area contributed by atoms with E-state index in [0.717, 1.165) is 53.7 Å². The monoisotopic (exact) mass is 761 g/mol. The lowest BCUT2D eigenvalue weighted by molar-refractivity contribution is -0.138. The molecule has 3 nitrogen and oxygen atoms in total. The summed E-state index contributed by atoms with van der Waals surface area (Å²) >= 11 is 2.88. The molecule has 4 aromatic carbocycles. The van der Waals surface area contributed by atoms with Crippen molar-refractivity contribution < 1.29 is 36.2 Å². The third kappa shape index (κ3) is 6.69. The van der Waals surface area contributed by atoms with E-state index in [1.54, 1.807) is 12.1 Å². The zero-order valence-corrected chi connectivity index (χ0v) is 30.7. The normalized spacial score (nSPS) is 16.0. The highest BCUT2D eigenvalue weighted by molar-refractivity contribution is 7.19. The molecule has 1 aliphatic rings. The Kier molecular flexibility index (Phi) is 8.97. The van der Waals surface area contributed by atoms with E-state index in [4.69, 9.17) is 4.99 Å². The largest absolute Gasteiger partial charge is 0.478 e. The molecule has 1 N–H and O–H groups in total. The number of nitrogens with zero attached hydrogens (tertiary/aromatic N) is 1. The number of rotatable bonds is 7. The van der Waals surface area contributed by atoms with Gasteiger partial charge < -0.3 is 5.11 Å². The van der Waals surface area contributed by atoms with Crippen molar-refractivity contribution in [3.8, 4) is 0 Å². The molecule has 0 aliphatic carbocycles. The molecule has 0 saturated carbocycles. The molecule has 0 radical (unpaired) electrons. The lowest BCUT2D eigenvalue weighted by atomic mass is 9.58. The predicted molar refractivity (Wildman–Crippen MR) is 201 cm³/mol. The number of hydrogen-bond acceptors (Lipinski definition) is 4. The summed E-state index contributed by atoms with van der Waals surface area (Å²) < 4.78 is 82.3. The molecule has 0 fully saturated rings. The highest BCUT2D eigenvalue weighted by atomic mass is 32.1. The summed E-state index contributed by atoms with van der Waals surface area (Å²) in [5, 5.41) is 12.5. The van der Waals surface area contributed by atoms with E-state index in [1.807, 2.05) is 76.2 Å². The van der Waals surface area contributed by atoms with Crippen LogP contribution in [0, 0.1) is 10.8 Å². The van der Waals surface area contributed by atoms with E-state index in [2.05, 4.69) is 0 Å². The highest BCUT2D eigenvalue weighted by Crippen LogP contribution is 2.54. The van der Waals surface area contributed by atoms with Crippen LogP contribution in [0.25, 0.3) is 25.9 Å². The fraction of sp³-hybridized carbons (Fsp3) is 0.238. The second-order valence-electron chi connectivity index (χ2n) is 14.4. The summed E-state index contributed by atoms with van der Waals surface area (Å²) in [6.45, 7) is 7.74. The number of carboxylic acids is 1. The average Bonchev–Trinajstić information content (AvgIpc) is 3.68. The van der Waals surface area contributed by atoms with Crippen LogP contribution in [-0.2, 0) is 30.0 Å². The van der Waals surface area contributed by atoms with Crippen LogP contribution in [0.2, 0.25) is 0 Å². The number of hydrogen-bond donors (Lipinski definition) is 1. The standard InChI is InChI=1S/C42H33F6NO2S2/c1-39(2)33(38(50)51)34(31-15-7-11-25-21-29(52-35(25)31)19-23-9-5-13-27(17-23)41(43,44)45)49-37(40(39,3)4)32-16-8-12-26-22-30(53-36(26)32)20-24-10-6-14-28(18-24)42(46,47)48/h5-18,21-22H,19-20H2,1-4H3,(H,50,51). The number of benzene rings is 4. The molecular weight excluding hydrogens is 729 g/mol. The first-order valence-corrected chi connectivity index (χ1v) is 18.4. The summed E-state index contributed by atoms with van der Waals surface area (Å²) in [7, 11) is 0. The zero-order valence-electron chi connectivity index (χ0n) is 29.0. The molecule has 0 saturated heterocycles. The molecule has 0 unspecified atom stereocenters. The van der Waals surface area contributed by atoms with Gasteiger partial charge in [-0.15, -0.1) is 22.7 Å². The first-order valence-electron chi connectivity index (χ1n) is 16.8. The Morgan fingerprint density at radius 2 is 1.09 bits per heavy atom. The van der Waals surface area contributed by atoms with Gasteiger partial charge in [-0.2, -0.15) is 26.3 Å². The number of aliphatic carboxylic acids is 1. The molecule has 7 rings (SSSR count). The lowest BCUT2D eigenvalue weighted by Gasteiger charge is -2.46. The second-order valence-corrected chi connectivity index (χ2v) is 16.6. The van der Waals surface area contributed by atoms with Crippen molar-refractivity contribution in [1.29, 1.82) is 0 Å². The maximum absolute atomic E-state index is 13.4. The number of thiophene rings is 2. The van der Waals surface area contributed by atoms with Gasteiger partial charge in [-0.1, -0.05) is 100 Å². The number of aliphatic imine (C=N–C) groups is 1. The molecule has 0 atom stereocenters. The quantitative estimate of drug-likeness (QED) is 0.165. The number of fused-ring (bicyclic) bond motifs is 2. The summed E-state index contributed by atoms with van der Waals surface area (Å²) in [5.41, 5.74) is 0.471. The maximum atomic E-state index is 13.4. The molecule has 272 valence electrons. The molecule has 0 spiro atoms. The van der Waals surface area contributed by atoms with Crippen molar-refractivity contribution in [3.63, 3.8) is 0 Å². The van der Waals surface area contributed by atoms with Crippen molar-refractivity contribution >= 4 is 60.2 Å². The van der Waals surface area contributed by atoms with Crippen molar-refractivity contribution in [2.45, 2.75) is 52.9 Å². The fourth-order valence-corrected chi connectivity index (χ4v) is 9.48. The molecule has 3 heterocycles. The van der Waals surface area contributed by atoms with Crippen LogP contribution in [-0.4, -0.2) is 16.8 Å². The molecule has 1 aliphatic heterocycles. The summed E-state index contributed by atoms with van der Waals surface area (Å²) in [4.78, 5) is 20.1. The van der Waals surface area contributed by atoms with Gasteiger partial charge in [0.15, 0.2) is 0 Å². The first kappa shape index (κ1) is 36.6. The van der Waals surface area contributed by atoms with Crippen molar-refractivity contribution in [1.82, 2.24) is 0 Å². The minimum Gasteiger partial charge on any atom is -0.478 e. The second kappa shape index (κ2) is 13.0. The third-order valence-electron chi connectivity index (χ3n) is 10.4. The zero-order chi connectivity index (χ0) is 38.1. The summed E-state index contributed by atoms with van der Waals surface area (Å²) in [6.07, 6.45) is -8.33.